The average molecular weight is 243 g/mol. The maximum atomic E-state index is 9.21. The molecule has 0 aromatic heterocycles. The summed E-state index contributed by atoms with van der Waals surface area (Å²) in [6.07, 6.45) is 0. The molecule has 0 spiro atoms. The largest absolute Gasteiger partial charge is 0.394 e. The molecule has 1 atom stereocenters. The summed E-state index contributed by atoms with van der Waals surface area (Å²) in [5.74, 6) is 0.737. The van der Waals surface area contributed by atoms with E-state index < -0.39 is 0 Å². The Morgan fingerprint density at radius 1 is 1.53 bits per heavy atom. The van der Waals surface area contributed by atoms with E-state index in [9.17, 15) is 5.11 Å². The third-order valence-electron chi connectivity index (χ3n) is 2.32. The van der Waals surface area contributed by atoms with E-state index in [0.717, 1.165) is 11.4 Å². The molecule has 5 heteroatoms. The molecule has 0 bridgehead atoms. The molecule has 15 heavy (non-hydrogen) atoms. The highest BCUT2D eigenvalue weighted by Gasteiger charge is 2.30. The van der Waals surface area contributed by atoms with Crippen molar-refractivity contribution in [3.05, 3.63) is 29.3 Å². The summed E-state index contributed by atoms with van der Waals surface area (Å²) in [7, 11) is 0. The molecule has 0 saturated carbocycles. The first kappa shape index (κ1) is 10.8. The van der Waals surface area contributed by atoms with Gasteiger partial charge in [-0.15, -0.1) is 0 Å². The second-order valence-electron chi connectivity index (χ2n) is 3.27. The molecule has 1 heterocycles. The van der Waals surface area contributed by atoms with Crippen LogP contribution in [0.5, 0.6) is 0 Å². The zero-order valence-corrected chi connectivity index (χ0v) is 9.55. The van der Waals surface area contributed by atoms with E-state index in [-0.39, 0.29) is 12.6 Å². The standard InChI is InChI=1S/C10H11ClN2OS/c11-8-3-1-2-4-9(8)13-7(5-14)6-15-10(13)12/h1-4,7,12,14H,5-6H2. The van der Waals surface area contributed by atoms with Crippen molar-refractivity contribution in [3.63, 3.8) is 0 Å². The van der Waals surface area contributed by atoms with E-state index >= 15 is 0 Å². The fourth-order valence-corrected chi connectivity index (χ4v) is 2.79. The predicted octanol–water partition coefficient (Wildman–Crippen LogP) is 2.19. The summed E-state index contributed by atoms with van der Waals surface area (Å²) in [5, 5.41) is 18.1. The SMILES string of the molecule is N=C1SCC(CO)N1c1ccccc1Cl. The van der Waals surface area contributed by atoms with Gasteiger partial charge in [-0.2, -0.15) is 0 Å². The summed E-state index contributed by atoms with van der Waals surface area (Å²) < 4.78 is 0. The Kier molecular flexibility index (Phi) is 3.19. The minimum atomic E-state index is -0.0394. The van der Waals surface area contributed by atoms with Crippen molar-refractivity contribution >= 4 is 34.2 Å². The van der Waals surface area contributed by atoms with E-state index in [4.69, 9.17) is 17.0 Å². The van der Waals surface area contributed by atoms with Crippen molar-refractivity contribution in [1.82, 2.24) is 0 Å². The summed E-state index contributed by atoms with van der Waals surface area (Å²) in [6.45, 7) is 0.0423. The first-order chi connectivity index (χ1) is 7.24. The molecule has 2 N–H and O–H groups in total. The van der Waals surface area contributed by atoms with E-state index in [1.165, 1.54) is 11.8 Å². The first-order valence-corrected chi connectivity index (χ1v) is 5.96. The van der Waals surface area contributed by atoms with Crippen LogP contribution in [0.2, 0.25) is 5.02 Å². The van der Waals surface area contributed by atoms with E-state index in [1.807, 2.05) is 18.2 Å². The second-order valence-corrected chi connectivity index (χ2v) is 4.69. The monoisotopic (exact) mass is 242 g/mol. The van der Waals surface area contributed by atoms with Gasteiger partial charge in [0.25, 0.3) is 0 Å². The number of aliphatic hydroxyl groups excluding tert-OH is 1. The van der Waals surface area contributed by atoms with Crippen LogP contribution in [0, 0.1) is 5.41 Å². The van der Waals surface area contributed by atoms with Crippen molar-refractivity contribution in [2.24, 2.45) is 0 Å². The topological polar surface area (TPSA) is 47.3 Å². The summed E-state index contributed by atoms with van der Waals surface area (Å²) in [6, 6.07) is 7.35. The lowest BCUT2D eigenvalue weighted by Crippen LogP contribution is -2.36. The zero-order chi connectivity index (χ0) is 10.8. The molecule has 1 aromatic rings. The minimum absolute atomic E-state index is 0.0394. The molecule has 1 aromatic carbocycles. The molecule has 0 radical (unpaired) electrons. The van der Waals surface area contributed by atoms with Gasteiger partial charge in [0.2, 0.25) is 0 Å². The fourth-order valence-electron chi connectivity index (χ4n) is 1.57. The molecule has 1 saturated heterocycles. The normalized spacial score (nSPS) is 21.1. The molecule has 1 fully saturated rings. The summed E-state index contributed by atoms with van der Waals surface area (Å²) in [4.78, 5) is 1.78. The van der Waals surface area contributed by atoms with Crippen molar-refractivity contribution in [2.75, 3.05) is 17.3 Å². The van der Waals surface area contributed by atoms with Crippen molar-refractivity contribution in [3.8, 4) is 0 Å². The Balaban J connectivity index is 2.36. The number of hydrogen-bond acceptors (Lipinski definition) is 3. The molecule has 1 unspecified atom stereocenters. The second kappa shape index (κ2) is 4.43. The molecule has 1 aliphatic rings. The van der Waals surface area contributed by atoms with Crippen LogP contribution in [0.3, 0.4) is 0 Å². The molecule has 1 aliphatic heterocycles. The fraction of sp³-hybridized carbons (Fsp3) is 0.300. The number of anilines is 1. The lowest BCUT2D eigenvalue weighted by Gasteiger charge is -2.24. The lowest BCUT2D eigenvalue weighted by molar-refractivity contribution is 0.277. The molecule has 2 rings (SSSR count). The van der Waals surface area contributed by atoms with Gasteiger partial charge in [0, 0.05) is 5.75 Å². The quantitative estimate of drug-likeness (QED) is 0.836. The predicted molar refractivity (Wildman–Crippen MR) is 65.0 cm³/mol. The van der Waals surface area contributed by atoms with Gasteiger partial charge in [0.05, 0.1) is 23.4 Å². The van der Waals surface area contributed by atoms with Crippen LogP contribution >= 0.6 is 23.4 Å². The molecule has 80 valence electrons. The first-order valence-electron chi connectivity index (χ1n) is 4.60. The van der Waals surface area contributed by atoms with E-state index in [2.05, 4.69) is 0 Å². The number of benzene rings is 1. The number of rotatable bonds is 2. The van der Waals surface area contributed by atoms with Crippen molar-refractivity contribution in [1.29, 1.82) is 5.41 Å². The Morgan fingerprint density at radius 2 is 2.27 bits per heavy atom. The van der Waals surface area contributed by atoms with Crippen LogP contribution in [-0.2, 0) is 0 Å². The highest BCUT2D eigenvalue weighted by atomic mass is 35.5. The van der Waals surface area contributed by atoms with Gasteiger partial charge in [-0.3, -0.25) is 5.41 Å². The summed E-state index contributed by atoms with van der Waals surface area (Å²) in [5.41, 5.74) is 0.799. The Bertz CT molecular complexity index is 385. The number of amidine groups is 1. The van der Waals surface area contributed by atoms with Crippen LogP contribution in [0.1, 0.15) is 0 Å². The number of nitrogens with one attached hydrogen (secondary N) is 1. The Hall–Kier alpha value is -0.710. The highest BCUT2D eigenvalue weighted by Crippen LogP contribution is 2.33. The number of para-hydroxylation sites is 1. The van der Waals surface area contributed by atoms with Crippen LogP contribution in [0.15, 0.2) is 24.3 Å². The number of aliphatic hydroxyl groups is 1. The summed E-state index contributed by atoms with van der Waals surface area (Å²) >= 11 is 7.49. The van der Waals surface area contributed by atoms with Crippen LogP contribution in [0.4, 0.5) is 5.69 Å². The van der Waals surface area contributed by atoms with Crippen molar-refractivity contribution in [2.45, 2.75) is 6.04 Å². The third kappa shape index (κ3) is 1.97. The highest BCUT2D eigenvalue weighted by molar-refractivity contribution is 8.14. The number of hydrogen-bond donors (Lipinski definition) is 2. The van der Waals surface area contributed by atoms with Gasteiger partial charge in [-0.25, -0.2) is 0 Å². The molecular formula is C10H11ClN2OS. The maximum absolute atomic E-state index is 9.21. The van der Waals surface area contributed by atoms with Gasteiger partial charge >= 0.3 is 0 Å². The van der Waals surface area contributed by atoms with Crippen LogP contribution < -0.4 is 4.90 Å². The third-order valence-corrected chi connectivity index (χ3v) is 3.66. The van der Waals surface area contributed by atoms with E-state index in [1.54, 1.807) is 11.0 Å². The van der Waals surface area contributed by atoms with Gasteiger partial charge in [-0.1, -0.05) is 35.5 Å². The van der Waals surface area contributed by atoms with Gasteiger partial charge in [0.1, 0.15) is 0 Å². The molecule has 3 nitrogen and oxygen atoms in total. The number of nitrogens with zero attached hydrogens (tertiary/aromatic N) is 1. The van der Waals surface area contributed by atoms with Crippen LogP contribution in [-0.4, -0.2) is 28.7 Å². The van der Waals surface area contributed by atoms with Gasteiger partial charge < -0.3 is 10.0 Å². The minimum Gasteiger partial charge on any atom is -0.394 e. The van der Waals surface area contributed by atoms with Crippen LogP contribution in [0.25, 0.3) is 0 Å². The number of halogens is 1. The zero-order valence-electron chi connectivity index (χ0n) is 7.98. The van der Waals surface area contributed by atoms with E-state index in [0.29, 0.717) is 10.2 Å². The molecular weight excluding hydrogens is 232 g/mol. The van der Waals surface area contributed by atoms with Crippen molar-refractivity contribution < 1.29 is 5.11 Å². The molecule has 0 aliphatic carbocycles. The smallest absolute Gasteiger partial charge is 0.161 e. The maximum Gasteiger partial charge on any atom is 0.161 e. The van der Waals surface area contributed by atoms with Gasteiger partial charge in [-0.05, 0) is 12.1 Å². The Labute approximate surface area is 97.6 Å². The average Bonchev–Trinajstić information content (AvgIpc) is 2.60. The lowest BCUT2D eigenvalue weighted by atomic mass is 10.2. The number of thioether (sulfide) groups is 1. The molecule has 0 amide bonds. The van der Waals surface area contributed by atoms with Gasteiger partial charge in [0.15, 0.2) is 5.17 Å². The Morgan fingerprint density at radius 3 is 2.93 bits per heavy atom.